The van der Waals surface area contributed by atoms with Crippen LogP contribution in [0.2, 0.25) is 5.02 Å². The largest absolute Gasteiger partial charge is 0.350 e. The predicted octanol–water partition coefficient (Wildman–Crippen LogP) is 3.47. The van der Waals surface area contributed by atoms with Crippen LogP contribution < -0.4 is 10.6 Å². The number of halogens is 2. The summed E-state index contributed by atoms with van der Waals surface area (Å²) in [6.45, 7) is 1.56. The van der Waals surface area contributed by atoms with Crippen molar-refractivity contribution in [1.82, 2.24) is 10.6 Å². The van der Waals surface area contributed by atoms with Gasteiger partial charge in [0.25, 0.3) is 5.91 Å². The van der Waals surface area contributed by atoms with Crippen LogP contribution in [0.5, 0.6) is 0 Å². The Morgan fingerprint density at radius 3 is 2.40 bits per heavy atom. The molecule has 1 unspecified atom stereocenters. The van der Waals surface area contributed by atoms with Gasteiger partial charge in [0.2, 0.25) is 0 Å². The van der Waals surface area contributed by atoms with E-state index in [2.05, 4.69) is 10.6 Å². The zero-order valence-electron chi connectivity index (χ0n) is 13.6. The van der Waals surface area contributed by atoms with Gasteiger partial charge in [0.15, 0.2) is 5.78 Å². The second-order valence-electron chi connectivity index (χ2n) is 5.88. The highest BCUT2D eigenvalue weighted by molar-refractivity contribution is 6.30. The number of carbonyl (C=O) groups excluding carboxylic acids is 2. The average molecular weight is 379 g/mol. The fraction of sp³-hybridized carbons (Fsp3) is 0.263. The Bertz CT molecular complexity index is 741. The van der Waals surface area contributed by atoms with Gasteiger partial charge in [-0.25, -0.2) is 0 Å². The number of hydrogen-bond donors (Lipinski definition) is 2. The van der Waals surface area contributed by atoms with Gasteiger partial charge in [0.05, 0.1) is 5.56 Å². The third-order valence-corrected chi connectivity index (χ3v) is 4.45. The van der Waals surface area contributed by atoms with Gasteiger partial charge in [-0.2, -0.15) is 0 Å². The lowest BCUT2D eigenvalue weighted by Gasteiger charge is -2.13. The number of hydrogen-bond acceptors (Lipinski definition) is 3. The molecule has 0 spiro atoms. The molecular formula is C19H20Cl2N2O2. The van der Waals surface area contributed by atoms with Crippen molar-refractivity contribution in [3.05, 3.63) is 70.2 Å². The fourth-order valence-corrected chi connectivity index (χ4v) is 3.00. The van der Waals surface area contributed by atoms with Gasteiger partial charge < -0.3 is 10.6 Å². The number of rotatable bonds is 5. The van der Waals surface area contributed by atoms with Crippen LogP contribution in [-0.2, 0) is 0 Å². The normalized spacial score (nSPS) is 16.1. The summed E-state index contributed by atoms with van der Waals surface area (Å²) in [6.07, 6.45) is 2.19. The highest BCUT2D eigenvalue weighted by Crippen LogP contribution is 2.17. The molecule has 1 heterocycles. The molecule has 1 saturated heterocycles. The summed E-state index contributed by atoms with van der Waals surface area (Å²) in [7, 11) is 0. The number of ketones is 1. The van der Waals surface area contributed by atoms with Gasteiger partial charge >= 0.3 is 0 Å². The van der Waals surface area contributed by atoms with E-state index >= 15 is 0 Å². The third kappa shape index (κ3) is 4.82. The van der Waals surface area contributed by atoms with E-state index in [1.165, 1.54) is 0 Å². The topological polar surface area (TPSA) is 58.2 Å². The lowest BCUT2D eigenvalue weighted by molar-refractivity contribution is 0.0939. The molecule has 1 aliphatic heterocycles. The van der Waals surface area contributed by atoms with Gasteiger partial charge in [-0.15, -0.1) is 12.4 Å². The standard InChI is InChI=1S/C19H19ClN2O2.ClH/c20-14-9-7-13(8-10-14)18(23)16-5-1-2-6-17(16)19(24)22-12-15-4-3-11-21-15;/h1-2,5-10,15,21H,3-4,11-12H2,(H,22,24);1H. The van der Waals surface area contributed by atoms with Gasteiger partial charge in [0.1, 0.15) is 0 Å². The minimum atomic E-state index is -0.221. The quantitative estimate of drug-likeness (QED) is 0.783. The summed E-state index contributed by atoms with van der Waals surface area (Å²) in [5.41, 5.74) is 1.31. The van der Waals surface area contributed by atoms with Crippen molar-refractivity contribution >= 4 is 35.7 Å². The zero-order chi connectivity index (χ0) is 16.9. The molecule has 25 heavy (non-hydrogen) atoms. The average Bonchev–Trinajstić information content (AvgIpc) is 3.13. The molecule has 2 aromatic rings. The predicted molar refractivity (Wildman–Crippen MR) is 102 cm³/mol. The van der Waals surface area contributed by atoms with Crippen LogP contribution in [0.3, 0.4) is 0 Å². The van der Waals surface area contributed by atoms with Crippen LogP contribution in [0, 0.1) is 0 Å². The summed E-state index contributed by atoms with van der Waals surface area (Å²) in [5.74, 6) is -0.405. The third-order valence-electron chi connectivity index (χ3n) is 4.19. The molecule has 6 heteroatoms. The van der Waals surface area contributed by atoms with Gasteiger partial charge in [-0.1, -0.05) is 29.8 Å². The molecule has 0 aromatic heterocycles. The number of benzene rings is 2. The van der Waals surface area contributed by atoms with Gasteiger partial charge in [-0.3, -0.25) is 9.59 Å². The van der Waals surface area contributed by atoms with Crippen molar-refractivity contribution in [2.24, 2.45) is 0 Å². The van der Waals surface area contributed by atoms with Crippen molar-refractivity contribution in [1.29, 1.82) is 0 Å². The van der Waals surface area contributed by atoms with E-state index in [-0.39, 0.29) is 24.1 Å². The highest BCUT2D eigenvalue weighted by atomic mass is 35.5. The molecular weight excluding hydrogens is 359 g/mol. The maximum absolute atomic E-state index is 12.7. The first-order valence-corrected chi connectivity index (χ1v) is 8.44. The van der Waals surface area contributed by atoms with E-state index in [1.807, 2.05) is 0 Å². The van der Waals surface area contributed by atoms with E-state index in [0.29, 0.717) is 34.3 Å². The molecule has 0 saturated carbocycles. The maximum Gasteiger partial charge on any atom is 0.252 e. The first-order chi connectivity index (χ1) is 11.6. The van der Waals surface area contributed by atoms with E-state index in [9.17, 15) is 9.59 Å². The fourth-order valence-electron chi connectivity index (χ4n) is 2.88. The Hall–Kier alpha value is -1.88. The Morgan fingerprint density at radius 2 is 1.76 bits per heavy atom. The first-order valence-electron chi connectivity index (χ1n) is 8.06. The van der Waals surface area contributed by atoms with Crippen molar-refractivity contribution in [3.63, 3.8) is 0 Å². The van der Waals surface area contributed by atoms with Crippen LogP contribution in [-0.4, -0.2) is 30.8 Å². The summed E-state index contributed by atoms with van der Waals surface area (Å²) in [6, 6.07) is 13.9. The van der Waals surface area contributed by atoms with Crippen molar-refractivity contribution in [2.75, 3.05) is 13.1 Å². The Morgan fingerprint density at radius 1 is 1.08 bits per heavy atom. The Kier molecular flexibility index (Phi) is 7.00. The summed E-state index contributed by atoms with van der Waals surface area (Å²) in [4.78, 5) is 25.2. The Balaban J connectivity index is 0.00000225. The van der Waals surface area contributed by atoms with Crippen LogP contribution >= 0.6 is 24.0 Å². The molecule has 2 N–H and O–H groups in total. The smallest absolute Gasteiger partial charge is 0.252 e. The molecule has 3 rings (SSSR count). The second-order valence-corrected chi connectivity index (χ2v) is 6.32. The summed E-state index contributed by atoms with van der Waals surface area (Å²) >= 11 is 5.87. The lowest BCUT2D eigenvalue weighted by Crippen LogP contribution is -2.37. The minimum Gasteiger partial charge on any atom is -0.350 e. The molecule has 1 amide bonds. The van der Waals surface area contributed by atoms with Crippen molar-refractivity contribution in [2.45, 2.75) is 18.9 Å². The number of amides is 1. The maximum atomic E-state index is 12.7. The Labute approximate surface area is 158 Å². The molecule has 1 fully saturated rings. The molecule has 0 aliphatic carbocycles. The molecule has 0 radical (unpaired) electrons. The highest BCUT2D eigenvalue weighted by Gasteiger charge is 2.20. The van der Waals surface area contributed by atoms with Crippen LogP contribution in [0.25, 0.3) is 0 Å². The monoisotopic (exact) mass is 378 g/mol. The number of nitrogens with one attached hydrogen (secondary N) is 2. The van der Waals surface area contributed by atoms with Crippen molar-refractivity contribution < 1.29 is 9.59 Å². The number of carbonyl (C=O) groups is 2. The van der Waals surface area contributed by atoms with Gasteiger partial charge in [0, 0.05) is 28.7 Å². The molecule has 2 aromatic carbocycles. The zero-order valence-corrected chi connectivity index (χ0v) is 15.2. The molecule has 0 bridgehead atoms. The van der Waals surface area contributed by atoms with E-state index < -0.39 is 0 Å². The van der Waals surface area contributed by atoms with Crippen LogP contribution in [0.15, 0.2) is 48.5 Å². The van der Waals surface area contributed by atoms with E-state index in [1.54, 1.807) is 48.5 Å². The molecule has 4 nitrogen and oxygen atoms in total. The minimum absolute atomic E-state index is 0. The van der Waals surface area contributed by atoms with Crippen molar-refractivity contribution in [3.8, 4) is 0 Å². The molecule has 1 atom stereocenters. The van der Waals surface area contributed by atoms with Gasteiger partial charge in [-0.05, 0) is 49.7 Å². The summed E-state index contributed by atoms with van der Waals surface area (Å²) in [5, 5.41) is 6.83. The van der Waals surface area contributed by atoms with E-state index in [0.717, 1.165) is 19.4 Å². The summed E-state index contributed by atoms with van der Waals surface area (Å²) < 4.78 is 0. The SMILES string of the molecule is Cl.O=C(NCC1CCCN1)c1ccccc1C(=O)c1ccc(Cl)cc1. The lowest BCUT2D eigenvalue weighted by atomic mass is 9.98. The molecule has 132 valence electrons. The van der Waals surface area contributed by atoms with Crippen LogP contribution in [0.1, 0.15) is 39.1 Å². The second kappa shape index (κ2) is 8.99. The first kappa shape index (κ1) is 19.4. The molecule has 1 aliphatic rings. The van der Waals surface area contributed by atoms with E-state index in [4.69, 9.17) is 11.6 Å². The van der Waals surface area contributed by atoms with Crippen LogP contribution in [0.4, 0.5) is 0 Å².